The summed E-state index contributed by atoms with van der Waals surface area (Å²) >= 11 is 0. The number of azo groups is 1. The second kappa shape index (κ2) is 7.16. The van der Waals surface area contributed by atoms with Gasteiger partial charge in [-0.2, -0.15) is 0 Å². The molecule has 96 valence electrons. The maximum Gasteiger partial charge on any atom is 0.458 e. The molecule has 0 bridgehead atoms. The summed E-state index contributed by atoms with van der Waals surface area (Å²) in [7, 11) is 0. The zero-order valence-electron chi connectivity index (χ0n) is 10.3. The van der Waals surface area contributed by atoms with Gasteiger partial charge in [0.2, 0.25) is 0 Å². The Hall–Kier alpha value is -2.24. The molecule has 0 heterocycles. The highest BCUT2D eigenvalue weighted by atomic mass is 16.6. The third kappa shape index (κ3) is 5.20. The predicted molar refractivity (Wildman–Crippen MR) is 63.7 cm³/mol. The molecule has 0 spiro atoms. The van der Waals surface area contributed by atoms with Crippen LogP contribution in [0.5, 0.6) is 5.75 Å². The third-order valence-electron chi connectivity index (χ3n) is 1.87. The van der Waals surface area contributed by atoms with E-state index in [2.05, 4.69) is 15.0 Å². The molecular formula is C12H14N2O4. The Morgan fingerprint density at radius 2 is 1.72 bits per heavy atom. The highest BCUT2D eigenvalue weighted by Gasteiger charge is 2.04. The summed E-state index contributed by atoms with van der Waals surface area (Å²) in [6.07, 6.45) is -1.19. The van der Waals surface area contributed by atoms with Crippen molar-refractivity contribution in [3.8, 4) is 5.75 Å². The molecule has 1 aromatic rings. The minimum absolute atomic E-state index is 0.241. The van der Waals surface area contributed by atoms with Crippen LogP contribution in [0.1, 0.15) is 18.9 Å². The molecular weight excluding hydrogens is 236 g/mol. The van der Waals surface area contributed by atoms with Gasteiger partial charge in [0.25, 0.3) is 0 Å². The highest BCUT2D eigenvalue weighted by molar-refractivity contribution is 5.74. The fraction of sp³-hybridized carbons (Fsp3) is 0.333. The fourth-order valence-electron chi connectivity index (χ4n) is 1.03. The maximum absolute atomic E-state index is 11.2. The third-order valence-corrected chi connectivity index (χ3v) is 1.87. The van der Waals surface area contributed by atoms with Crippen LogP contribution in [0.25, 0.3) is 0 Å². The molecule has 1 rings (SSSR count). The van der Waals surface area contributed by atoms with Crippen LogP contribution in [-0.4, -0.2) is 18.8 Å². The van der Waals surface area contributed by atoms with E-state index >= 15 is 0 Å². The van der Waals surface area contributed by atoms with E-state index in [4.69, 9.17) is 4.74 Å². The van der Waals surface area contributed by atoms with Gasteiger partial charge in [0.05, 0.1) is 6.61 Å². The van der Waals surface area contributed by atoms with E-state index in [1.165, 1.54) is 0 Å². The lowest BCUT2D eigenvalue weighted by atomic mass is 10.2. The Morgan fingerprint density at radius 1 is 1.11 bits per heavy atom. The number of carbonyl (C=O) groups excluding carboxylic acids is 2. The lowest BCUT2D eigenvalue weighted by molar-refractivity contribution is 0.154. The van der Waals surface area contributed by atoms with Crippen LogP contribution in [0.2, 0.25) is 0 Å². The van der Waals surface area contributed by atoms with Crippen molar-refractivity contribution >= 4 is 12.2 Å². The maximum atomic E-state index is 11.2. The SMILES string of the molecule is CCCOC(=O)/N=N/C(=O)Oc1ccc(C)cc1. The molecule has 0 atom stereocenters. The van der Waals surface area contributed by atoms with E-state index in [0.29, 0.717) is 12.2 Å². The smallest absolute Gasteiger partial charge is 0.447 e. The summed E-state index contributed by atoms with van der Waals surface area (Å²) in [5.74, 6) is 0.339. The van der Waals surface area contributed by atoms with Crippen molar-refractivity contribution in [3.05, 3.63) is 29.8 Å². The first kappa shape index (κ1) is 13.8. The molecule has 0 aliphatic carbocycles. The molecule has 0 radical (unpaired) electrons. The molecule has 0 N–H and O–H groups in total. The molecule has 0 saturated heterocycles. The summed E-state index contributed by atoms with van der Waals surface area (Å²) in [5, 5.41) is 6.15. The van der Waals surface area contributed by atoms with Gasteiger partial charge in [-0.1, -0.05) is 34.8 Å². The molecule has 6 heteroatoms. The van der Waals surface area contributed by atoms with Crippen molar-refractivity contribution < 1.29 is 19.1 Å². The van der Waals surface area contributed by atoms with Gasteiger partial charge in [0.15, 0.2) is 0 Å². The molecule has 0 aliphatic heterocycles. The zero-order chi connectivity index (χ0) is 13.4. The van der Waals surface area contributed by atoms with Gasteiger partial charge >= 0.3 is 12.2 Å². The van der Waals surface area contributed by atoms with Gasteiger partial charge in [-0.05, 0) is 25.5 Å². The van der Waals surface area contributed by atoms with E-state index in [0.717, 1.165) is 5.56 Å². The van der Waals surface area contributed by atoms with E-state index in [-0.39, 0.29) is 6.61 Å². The van der Waals surface area contributed by atoms with Crippen LogP contribution < -0.4 is 4.74 Å². The highest BCUT2D eigenvalue weighted by Crippen LogP contribution is 2.12. The Morgan fingerprint density at radius 3 is 2.33 bits per heavy atom. The number of benzene rings is 1. The first-order valence-corrected chi connectivity index (χ1v) is 5.48. The number of amides is 2. The topological polar surface area (TPSA) is 77.3 Å². The average Bonchev–Trinajstić information content (AvgIpc) is 2.36. The van der Waals surface area contributed by atoms with Gasteiger partial charge in [-0.3, -0.25) is 0 Å². The minimum atomic E-state index is -0.965. The number of carbonyl (C=O) groups is 2. The van der Waals surface area contributed by atoms with Crippen LogP contribution in [0.15, 0.2) is 34.5 Å². The molecule has 0 unspecified atom stereocenters. The lowest BCUT2D eigenvalue weighted by Crippen LogP contribution is -2.04. The molecule has 2 amide bonds. The minimum Gasteiger partial charge on any atom is -0.447 e. The summed E-state index contributed by atoms with van der Waals surface area (Å²) < 4.78 is 9.42. The van der Waals surface area contributed by atoms with Crippen LogP contribution in [-0.2, 0) is 4.74 Å². The van der Waals surface area contributed by atoms with E-state index in [9.17, 15) is 9.59 Å². The van der Waals surface area contributed by atoms with Crippen LogP contribution in [0, 0.1) is 6.92 Å². The van der Waals surface area contributed by atoms with Gasteiger partial charge in [0, 0.05) is 0 Å². The van der Waals surface area contributed by atoms with E-state index in [1.807, 2.05) is 13.8 Å². The van der Waals surface area contributed by atoms with Gasteiger partial charge in [-0.15, -0.1) is 0 Å². The summed E-state index contributed by atoms with van der Waals surface area (Å²) in [5.41, 5.74) is 1.04. The molecule has 1 aromatic carbocycles. The summed E-state index contributed by atoms with van der Waals surface area (Å²) in [6, 6.07) is 6.82. The Labute approximate surface area is 105 Å². The molecule has 6 nitrogen and oxygen atoms in total. The molecule has 18 heavy (non-hydrogen) atoms. The van der Waals surface area contributed by atoms with E-state index in [1.54, 1.807) is 24.3 Å². The Bertz CT molecular complexity index is 440. The number of hydrogen-bond acceptors (Lipinski definition) is 4. The summed E-state index contributed by atoms with van der Waals surface area (Å²) in [6.45, 7) is 4.00. The van der Waals surface area contributed by atoms with E-state index < -0.39 is 12.2 Å². The first-order chi connectivity index (χ1) is 8.61. The quantitative estimate of drug-likeness (QED) is 0.769. The van der Waals surface area contributed by atoms with Gasteiger partial charge < -0.3 is 9.47 Å². The number of rotatable bonds is 3. The predicted octanol–water partition coefficient (Wildman–Crippen LogP) is 3.49. The van der Waals surface area contributed by atoms with Crippen LogP contribution in [0.3, 0.4) is 0 Å². The van der Waals surface area contributed by atoms with Gasteiger partial charge in [0.1, 0.15) is 5.75 Å². The average molecular weight is 250 g/mol. The zero-order valence-corrected chi connectivity index (χ0v) is 10.3. The first-order valence-electron chi connectivity index (χ1n) is 5.48. The van der Waals surface area contributed by atoms with Gasteiger partial charge in [-0.25, -0.2) is 9.59 Å². The number of hydrogen-bond donors (Lipinski definition) is 0. The molecule has 0 saturated carbocycles. The van der Waals surface area contributed by atoms with Crippen molar-refractivity contribution in [2.45, 2.75) is 20.3 Å². The number of aryl methyl sites for hydroxylation is 1. The fourth-order valence-corrected chi connectivity index (χ4v) is 1.03. The Balaban J connectivity index is 2.44. The number of nitrogens with zero attached hydrogens (tertiary/aromatic N) is 2. The normalized spacial score (nSPS) is 10.3. The van der Waals surface area contributed by atoms with Crippen molar-refractivity contribution in [2.75, 3.05) is 6.61 Å². The van der Waals surface area contributed by atoms with Crippen molar-refractivity contribution in [1.29, 1.82) is 0 Å². The van der Waals surface area contributed by atoms with Crippen LogP contribution in [0.4, 0.5) is 9.59 Å². The summed E-state index contributed by atoms with van der Waals surface area (Å²) in [4.78, 5) is 22.1. The second-order valence-electron chi connectivity index (χ2n) is 3.50. The standard InChI is InChI=1S/C12H14N2O4/c1-3-8-17-11(15)13-14-12(16)18-10-6-4-9(2)5-7-10/h4-7H,3,8H2,1-2H3/b14-13+. The monoisotopic (exact) mass is 250 g/mol. The molecule has 0 fully saturated rings. The van der Waals surface area contributed by atoms with Crippen molar-refractivity contribution in [3.63, 3.8) is 0 Å². The molecule has 0 aromatic heterocycles. The van der Waals surface area contributed by atoms with Crippen molar-refractivity contribution in [2.24, 2.45) is 10.2 Å². The van der Waals surface area contributed by atoms with Crippen LogP contribution >= 0.6 is 0 Å². The molecule has 0 aliphatic rings. The number of ether oxygens (including phenoxy) is 2. The largest absolute Gasteiger partial charge is 0.458 e. The Kier molecular flexibility index (Phi) is 5.50. The van der Waals surface area contributed by atoms with Crippen molar-refractivity contribution in [1.82, 2.24) is 0 Å². The second-order valence-corrected chi connectivity index (χ2v) is 3.50. The lowest BCUT2D eigenvalue weighted by Gasteiger charge is -1.99.